The van der Waals surface area contributed by atoms with E-state index in [1.807, 2.05) is 18.2 Å². The predicted molar refractivity (Wildman–Crippen MR) is 121 cm³/mol. The van der Waals surface area contributed by atoms with E-state index < -0.39 is 5.97 Å². The molecule has 168 valence electrons. The van der Waals surface area contributed by atoms with Gasteiger partial charge in [0.25, 0.3) is 0 Å². The van der Waals surface area contributed by atoms with Gasteiger partial charge in [0.1, 0.15) is 11.4 Å². The number of fused-ring (bicyclic) bond motifs is 3. The fraction of sp³-hybridized carbons (Fsp3) is 0.583. The van der Waals surface area contributed by atoms with Crippen LogP contribution in [0.5, 0.6) is 5.75 Å². The van der Waals surface area contributed by atoms with Crippen LogP contribution in [-0.2, 0) is 9.53 Å². The molecule has 4 rings (SSSR count). The maximum Gasteiger partial charge on any atom is 0.356 e. The molecule has 2 bridgehead atoms. The lowest BCUT2D eigenvalue weighted by Gasteiger charge is -2.39. The number of carbonyl (C=O) groups is 2. The van der Waals surface area contributed by atoms with Gasteiger partial charge in [-0.2, -0.15) is 0 Å². The van der Waals surface area contributed by atoms with E-state index in [9.17, 15) is 9.59 Å². The number of anilines is 1. The van der Waals surface area contributed by atoms with E-state index in [1.54, 1.807) is 14.0 Å². The number of benzene rings is 1. The first-order valence-electron chi connectivity index (χ1n) is 11.0. The highest BCUT2D eigenvalue weighted by atomic mass is 16.5. The number of rotatable bonds is 6. The van der Waals surface area contributed by atoms with Crippen molar-refractivity contribution in [1.29, 1.82) is 0 Å². The zero-order valence-electron chi connectivity index (χ0n) is 19.1. The number of aromatic amines is 1. The maximum absolute atomic E-state index is 13.1. The topological polar surface area (TPSA) is 83.7 Å². The van der Waals surface area contributed by atoms with Gasteiger partial charge in [0.2, 0.25) is 5.91 Å². The third-order valence-electron chi connectivity index (χ3n) is 6.62. The Bertz CT molecular complexity index is 1010. The molecule has 2 N–H and O–H groups in total. The molecule has 7 nitrogen and oxygen atoms in total. The molecule has 7 heteroatoms. The molecular formula is C24H33N3O4. The van der Waals surface area contributed by atoms with Crippen molar-refractivity contribution >= 4 is 28.5 Å². The number of hydrogen-bond acceptors (Lipinski definition) is 5. The summed E-state index contributed by atoms with van der Waals surface area (Å²) in [7, 11) is 1.59. The van der Waals surface area contributed by atoms with Crippen molar-refractivity contribution in [3.63, 3.8) is 0 Å². The first kappa shape index (κ1) is 21.7. The van der Waals surface area contributed by atoms with Gasteiger partial charge in [-0.3, -0.25) is 9.69 Å². The smallest absolute Gasteiger partial charge is 0.356 e. The number of aromatic nitrogens is 1. The first-order chi connectivity index (χ1) is 14.6. The molecule has 2 atom stereocenters. The summed E-state index contributed by atoms with van der Waals surface area (Å²) in [6, 6.07) is 5.88. The molecule has 0 radical (unpaired) electrons. The molecule has 1 aromatic heterocycles. The van der Waals surface area contributed by atoms with Crippen molar-refractivity contribution in [3.8, 4) is 5.75 Å². The lowest BCUT2D eigenvalue weighted by molar-refractivity contribution is -0.117. The second-order valence-electron chi connectivity index (χ2n) is 10.2. The van der Waals surface area contributed by atoms with Gasteiger partial charge >= 0.3 is 5.97 Å². The zero-order valence-corrected chi connectivity index (χ0v) is 19.1. The number of ether oxygens (including phenoxy) is 2. The van der Waals surface area contributed by atoms with Gasteiger partial charge in [0.15, 0.2) is 0 Å². The number of nitrogens with zero attached hydrogens (tertiary/aromatic N) is 1. The molecule has 2 aliphatic rings. The molecule has 2 aromatic rings. The van der Waals surface area contributed by atoms with Crippen molar-refractivity contribution in [2.24, 2.45) is 10.8 Å². The van der Waals surface area contributed by atoms with Crippen LogP contribution in [0.15, 0.2) is 18.2 Å². The molecule has 1 aliphatic carbocycles. The molecular weight excluding hydrogens is 394 g/mol. The van der Waals surface area contributed by atoms with Gasteiger partial charge in [-0.25, -0.2) is 4.79 Å². The summed E-state index contributed by atoms with van der Waals surface area (Å²) in [6.07, 6.45) is 3.43. The average molecular weight is 428 g/mol. The molecule has 31 heavy (non-hydrogen) atoms. The molecule has 1 amide bonds. The van der Waals surface area contributed by atoms with E-state index in [-0.39, 0.29) is 23.6 Å². The van der Waals surface area contributed by atoms with Crippen molar-refractivity contribution in [3.05, 3.63) is 23.9 Å². The molecule has 1 saturated heterocycles. The summed E-state index contributed by atoms with van der Waals surface area (Å²) in [4.78, 5) is 31.0. The summed E-state index contributed by atoms with van der Waals surface area (Å²) < 4.78 is 10.5. The van der Waals surface area contributed by atoms with E-state index in [0.717, 1.165) is 30.3 Å². The number of carbonyl (C=O) groups excluding carboxylic acids is 2. The van der Waals surface area contributed by atoms with Crippen molar-refractivity contribution in [2.45, 2.75) is 53.0 Å². The van der Waals surface area contributed by atoms with Crippen LogP contribution in [0.3, 0.4) is 0 Å². The summed E-state index contributed by atoms with van der Waals surface area (Å²) in [5.41, 5.74) is 2.01. The average Bonchev–Trinajstić information content (AvgIpc) is 3.14. The molecule has 1 saturated carbocycles. The van der Waals surface area contributed by atoms with Crippen LogP contribution >= 0.6 is 0 Å². The Balaban J connectivity index is 1.58. The van der Waals surface area contributed by atoms with Gasteiger partial charge < -0.3 is 19.8 Å². The molecule has 2 heterocycles. The van der Waals surface area contributed by atoms with Crippen LogP contribution in [-0.4, -0.2) is 54.6 Å². The van der Waals surface area contributed by atoms with E-state index in [4.69, 9.17) is 9.47 Å². The number of likely N-dealkylation sites (tertiary alicyclic amines) is 1. The lowest BCUT2D eigenvalue weighted by atomic mass is 9.65. The number of nitrogens with one attached hydrogen (secondary N) is 2. The van der Waals surface area contributed by atoms with Crippen LogP contribution in [0.2, 0.25) is 0 Å². The van der Waals surface area contributed by atoms with Gasteiger partial charge in [-0.15, -0.1) is 0 Å². The predicted octanol–water partition coefficient (Wildman–Crippen LogP) is 4.19. The normalized spacial score (nSPS) is 24.9. The SMILES string of the molecule is CCOC(=O)c1[nH]c2ccc(OC)cc2c1NC(=O)CN1CC2(C)CC1CC(C)(C)C2. The van der Waals surface area contributed by atoms with E-state index in [0.29, 0.717) is 29.4 Å². The summed E-state index contributed by atoms with van der Waals surface area (Å²) >= 11 is 0. The van der Waals surface area contributed by atoms with Crippen LogP contribution < -0.4 is 10.1 Å². The zero-order chi connectivity index (χ0) is 22.4. The minimum atomic E-state index is -0.487. The van der Waals surface area contributed by atoms with Gasteiger partial charge in [-0.05, 0) is 55.2 Å². The van der Waals surface area contributed by atoms with E-state index in [1.165, 1.54) is 6.42 Å². The van der Waals surface area contributed by atoms with Crippen LogP contribution in [0, 0.1) is 10.8 Å². The summed E-state index contributed by atoms with van der Waals surface area (Å²) in [5.74, 6) is 0.0448. The highest BCUT2D eigenvalue weighted by molar-refractivity contribution is 6.11. The Kier molecular flexibility index (Phi) is 5.50. The number of methoxy groups -OCH3 is 1. The summed E-state index contributed by atoms with van der Waals surface area (Å²) in [6.45, 7) is 10.3. The number of amides is 1. The van der Waals surface area contributed by atoms with Gasteiger partial charge in [0, 0.05) is 23.5 Å². The monoisotopic (exact) mass is 427 g/mol. The van der Waals surface area contributed by atoms with Crippen molar-refractivity contribution < 1.29 is 19.1 Å². The van der Waals surface area contributed by atoms with Gasteiger partial charge in [0.05, 0.1) is 25.9 Å². The van der Waals surface area contributed by atoms with Crippen molar-refractivity contribution in [2.75, 3.05) is 32.1 Å². The standard InChI is InChI=1S/C24H33N3O4/c1-6-31-22(29)21-20(17-9-16(30-5)7-8-18(17)25-21)26-19(28)12-27-14-24(4)11-15(27)10-23(2,3)13-24/h7-9,15,25H,6,10-14H2,1-5H3,(H,26,28). The third-order valence-corrected chi connectivity index (χ3v) is 6.62. The summed E-state index contributed by atoms with van der Waals surface area (Å²) in [5, 5.41) is 3.72. The Morgan fingerprint density at radius 1 is 1.26 bits per heavy atom. The number of hydrogen-bond donors (Lipinski definition) is 2. The number of H-pyrrole nitrogens is 1. The quantitative estimate of drug-likeness (QED) is 0.676. The molecule has 0 spiro atoms. The molecule has 2 unspecified atom stereocenters. The largest absolute Gasteiger partial charge is 0.497 e. The van der Waals surface area contributed by atoms with E-state index in [2.05, 4.69) is 36.0 Å². The van der Waals surface area contributed by atoms with E-state index >= 15 is 0 Å². The molecule has 1 aromatic carbocycles. The lowest BCUT2D eigenvalue weighted by Crippen LogP contribution is -2.38. The minimum Gasteiger partial charge on any atom is -0.497 e. The molecule has 2 fully saturated rings. The van der Waals surface area contributed by atoms with Crippen LogP contribution in [0.25, 0.3) is 10.9 Å². The Hall–Kier alpha value is -2.54. The van der Waals surface area contributed by atoms with Gasteiger partial charge in [-0.1, -0.05) is 20.8 Å². The first-order valence-corrected chi connectivity index (χ1v) is 11.0. The highest BCUT2D eigenvalue weighted by Gasteiger charge is 2.49. The maximum atomic E-state index is 13.1. The highest BCUT2D eigenvalue weighted by Crippen LogP contribution is 2.52. The third kappa shape index (κ3) is 4.28. The Morgan fingerprint density at radius 3 is 2.74 bits per heavy atom. The van der Waals surface area contributed by atoms with Crippen molar-refractivity contribution in [1.82, 2.24) is 9.88 Å². The minimum absolute atomic E-state index is 0.122. The molecule has 1 aliphatic heterocycles. The fourth-order valence-electron chi connectivity index (χ4n) is 5.91. The Labute approximate surface area is 183 Å². The second-order valence-corrected chi connectivity index (χ2v) is 10.2. The Morgan fingerprint density at radius 2 is 2.03 bits per heavy atom. The second kappa shape index (κ2) is 7.86. The van der Waals surface area contributed by atoms with Crippen LogP contribution in [0.1, 0.15) is 57.4 Å². The fourth-order valence-corrected chi connectivity index (χ4v) is 5.91. The number of esters is 1. The van der Waals surface area contributed by atoms with Crippen LogP contribution in [0.4, 0.5) is 5.69 Å².